The monoisotopic (exact) mass is 341 g/mol. The van der Waals surface area contributed by atoms with Crippen LogP contribution in [-0.2, 0) is 6.54 Å². The Bertz CT molecular complexity index is 528. The normalized spacial score (nSPS) is 10.6. The van der Waals surface area contributed by atoms with E-state index in [9.17, 15) is 0 Å². The van der Waals surface area contributed by atoms with Crippen molar-refractivity contribution in [3.8, 4) is 0 Å². The molecule has 1 N–H and O–H groups in total. The third-order valence-corrected chi connectivity index (χ3v) is 4.46. The van der Waals surface area contributed by atoms with Gasteiger partial charge in [0.2, 0.25) is 0 Å². The van der Waals surface area contributed by atoms with E-state index in [0.717, 1.165) is 21.6 Å². The first-order chi connectivity index (χ1) is 8.70. The van der Waals surface area contributed by atoms with Crippen molar-refractivity contribution in [1.29, 1.82) is 0 Å². The SMILES string of the molecule is CNCc1c(Cl)cccc1Sc1ccc(Br)cc1. The molecule has 0 saturated carbocycles. The molecule has 0 aliphatic heterocycles. The molecule has 0 fully saturated rings. The maximum Gasteiger partial charge on any atom is 0.0462 e. The van der Waals surface area contributed by atoms with Gasteiger partial charge in [0, 0.05) is 25.8 Å². The van der Waals surface area contributed by atoms with Crippen molar-refractivity contribution in [3.05, 3.63) is 57.5 Å². The number of hydrogen-bond donors (Lipinski definition) is 1. The minimum Gasteiger partial charge on any atom is -0.316 e. The van der Waals surface area contributed by atoms with E-state index in [4.69, 9.17) is 11.6 Å². The lowest BCUT2D eigenvalue weighted by Crippen LogP contribution is -2.06. The summed E-state index contributed by atoms with van der Waals surface area (Å²) in [6.45, 7) is 0.776. The van der Waals surface area contributed by atoms with Crippen molar-refractivity contribution in [3.63, 3.8) is 0 Å². The van der Waals surface area contributed by atoms with Gasteiger partial charge in [-0.05, 0) is 49.0 Å². The van der Waals surface area contributed by atoms with Gasteiger partial charge in [0.1, 0.15) is 0 Å². The summed E-state index contributed by atoms with van der Waals surface area (Å²) in [7, 11) is 1.93. The first-order valence-electron chi connectivity index (χ1n) is 5.56. The molecular formula is C14H13BrClNS. The number of halogens is 2. The molecule has 0 spiro atoms. The van der Waals surface area contributed by atoms with Crippen LogP contribution >= 0.6 is 39.3 Å². The summed E-state index contributed by atoms with van der Waals surface area (Å²) in [6, 6.07) is 14.3. The Morgan fingerprint density at radius 1 is 1.17 bits per heavy atom. The fourth-order valence-electron chi connectivity index (χ4n) is 1.61. The van der Waals surface area contributed by atoms with Crippen molar-refractivity contribution in [1.82, 2.24) is 5.32 Å². The Labute approximate surface area is 125 Å². The van der Waals surface area contributed by atoms with Crippen LogP contribution in [0.15, 0.2) is 56.7 Å². The van der Waals surface area contributed by atoms with Crippen LogP contribution in [0, 0.1) is 0 Å². The Hall–Kier alpha value is -0.480. The lowest BCUT2D eigenvalue weighted by Gasteiger charge is -2.10. The molecule has 0 aliphatic carbocycles. The lowest BCUT2D eigenvalue weighted by molar-refractivity contribution is 0.803. The van der Waals surface area contributed by atoms with E-state index >= 15 is 0 Å². The molecule has 2 aromatic carbocycles. The van der Waals surface area contributed by atoms with Crippen LogP contribution in [0.25, 0.3) is 0 Å². The molecule has 0 heterocycles. The largest absolute Gasteiger partial charge is 0.316 e. The van der Waals surface area contributed by atoms with Crippen LogP contribution in [0.3, 0.4) is 0 Å². The molecular weight excluding hydrogens is 330 g/mol. The minimum absolute atomic E-state index is 0.776. The average Bonchev–Trinajstić information content (AvgIpc) is 2.36. The molecule has 0 atom stereocenters. The summed E-state index contributed by atoms with van der Waals surface area (Å²) in [4.78, 5) is 2.40. The molecule has 0 radical (unpaired) electrons. The van der Waals surface area contributed by atoms with E-state index in [0.29, 0.717) is 0 Å². The summed E-state index contributed by atoms with van der Waals surface area (Å²) in [5.74, 6) is 0. The average molecular weight is 343 g/mol. The zero-order chi connectivity index (χ0) is 13.0. The molecule has 0 bridgehead atoms. The van der Waals surface area contributed by atoms with Gasteiger partial charge in [-0.15, -0.1) is 0 Å². The summed E-state index contributed by atoms with van der Waals surface area (Å²) >= 11 is 11.4. The highest BCUT2D eigenvalue weighted by Gasteiger charge is 2.07. The molecule has 0 saturated heterocycles. The minimum atomic E-state index is 0.776. The quantitative estimate of drug-likeness (QED) is 0.841. The van der Waals surface area contributed by atoms with E-state index in [1.54, 1.807) is 11.8 Å². The second-order valence-corrected chi connectivity index (χ2v) is 6.24. The van der Waals surface area contributed by atoms with E-state index in [2.05, 4.69) is 39.4 Å². The van der Waals surface area contributed by atoms with Crippen LogP contribution in [0.2, 0.25) is 5.02 Å². The standard InChI is InChI=1S/C14H13BrClNS/c1-17-9-12-13(16)3-2-4-14(12)18-11-7-5-10(15)6-8-11/h2-8,17H,9H2,1H3. The summed E-state index contributed by atoms with van der Waals surface area (Å²) < 4.78 is 1.09. The van der Waals surface area contributed by atoms with Crippen molar-refractivity contribution >= 4 is 39.3 Å². The van der Waals surface area contributed by atoms with Crippen molar-refractivity contribution in [2.45, 2.75) is 16.3 Å². The highest BCUT2D eigenvalue weighted by molar-refractivity contribution is 9.10. The highest BCUT2D eigenvalue weighted by Crippen LogP contribution is 2.34. The van der Waals surface area contributed by atoms with Crippen LogP contribution in [0.1, 0.15) is 5.56 Å². The van der Waals surface area contributed by atoms with Crippen LogP contribution in [0.4, 0.5) is 0 Å². The number of benzene rings is 2. The van der Waals surface area contributed by atoms with Gasteiger partial charge in [0.25, 0.3) is 0 Å². The van der Waals surface area contributed by atoms with Crippen molar-refractivity contribution in [2.75, 3.05) is 7.05 Å². The third kappa shape index (κ3) is 3.51. The number of nitrogens with one attached hydrogen (secondary N) is 1. The van der Waals surface area contributed by atoms with Gasteiger partial charge in [-0.3, -0.25) is 0 Å². The Kier molecular flexibility index (Phi) is 5.13. The predicted molar refractivity (Wildman–Crippen MR) is 82.5 cm³/mol. The van der Waals surface area contributed by atoms with Gasteiger partial charge in [0.05, 0.1) is 0 Å². The fourth-order valence-corrected chi connectivity index (χ4v) is 3.15. The molecule has 94 valence electrons. The number of rotatable bonds is 4. The van der Waals surface area contributed by atoms with Gasteiger partial charge < -0.3 is 5.32 Å². The van der Waals surface area contributed by atoms with Crippen molar-refractivity contribution in [2.24, 2.45) is 0 Å². The molecule has 0 aromatic heterocycles. The third-order valence-electron chi connectivity index (χ3n) is 2.47. The second-order valence-electron chi connectivity index (χ2n) is 3.80. The molecule has 2 aromatic rings. The Morgan fingerprint density at radius 3 is 2.56 bits per heavy atom. The predicted octanol–water partition coefficient (Wildman–Crippen LogP) is 4.97. The van der Waals surface area contributed by atoms with E-state index in [1.807, 2.05) is 31.3 Å². The highest BCUT2D eigenvalue weighted by atomic mass is 79.9. The molecule has 4 heteroatoms. The lowest BCUT2D eigenvalue weighted by atomic mass is 10.2. The Balaban J connectivity index is 2.28. The molecule has 0 unspecified atom stereocenters. The first kappa shape index (κ1) is 13.9. The number of hydrogen-bond acceptors (Lipinski definition) is 2. The summed E-state index contributed by atoms with van der Waals surface area (Å²) in [6.07, 6.45) is 0. The van der Waals surface area contributed by atoms with Gasteiger partial charge in [-0.1, -0.05) is 45.4 Å². The van der Waals surface area contributed by atoms with E-state index in [-0.39, 0.29) is 0 Å². The van der Waals surface area contributed by atoms with Crippen molar-refractivity contribution < 1.29 is 0 Å². The van der Waals surface area contributed by atoms with Crippen LogP contribution in [-0.4, -0.2) is 7.05 Å². The summed E-state index contributed by atoms with van der Waals surface area (Å²) in [5.41, 5.74) is 1.15. The van der Waals surface area contributed by atoms with E-state index in [1.165, 1.54) is 9.79 Å². The Morgan fingerprint density at radius 2 is 1.89 bits per heavy atom. The topological polar surface area (TPSA) is 12.0 Å². The zero-order valence-corrected chi connectivity index (χ0v) is 13.1. The van der Waals surface area contributed by atoms with Gasteiger partial charge >= 0.3 is 0 Å². The molecule has 1 nitrogen and oxygen atoms in total. The van der Waals surface area contributed by atoms with Gasteiger partial charge in [-0.2, -0.15) is 0 Å². The molecule has 0 amide bonds. The van der Waals surface area contributed by atoms with Gasteiger partial charge in [-0.25, -0.2) is 0 Å². The summed E-state index contributed by atoms with van der Waals surface area (Å²) in [5, 5.41) is 3.97. The molecule has 18 heavy (non-hydrogen) atoms. The molecule has 2 rings (SSSR count). The molecule has 0 aliphatic rings. The van der Waals surface area contributed by atoms with E-state index < -0.39 is 0 Å². The zero-order valence-electron chi connectivity index (χ0n) is 9.91. The van der Waals surface area contributed by atoms with Crippen LogP contribution in [0.5, 0.6) is 0 Å². The van der Waals surface area contributed by atoms with Crippen LogP contribution < -0.4 is 5.32 Å². The maximum absolute atomic E-state index is 6.24. The fraction of sp³-hybridized carbons (Fsp3) is 0.143. The second kappa shape index (κ2) is 6.62. The van der Waals surface area contributed by atoms with Gasteiger partial charge in [0.15, 0.2) is 0 Å². The first-order valence-corrected chi connectivity index (χ1v) is 7.55. The smallest absolute Gasteiger partial charge is 0.0462 e. The maximum atomic E-state index is 6.24.